The number of benzene rings is 2. The van der Waals surface area contributed by atoms with Crippen LogP contribution in [0.1, 0.15) is 86.3 Å². The van der Waals surface area contributed by atoms with Crippen molar-refractivity contribution >= 4 is 51.7 Å². The summed E-state index contributed by atoms with van der Waals surface area (Å²) in [4.78, 5) is 56.0. The van der Waals surface area contributed by atoms with E-state index in [1.54, 1.807) is 92.6 Å². The molecule has 0 atom stereocenters. The molecule has 14 nitrogen and oxygen atoms in total. The van der Waals surface area contributed by atoms with Crippen molar-refractivity contribution in [3.05, 3.63) is 80.5 Å². The maximum absolute atomic E-state index is 11.7. The van der Waals surface area contributed by atoms with Crippen LogP contribution in [0.15, 0.2) is 67.0 Å². The first kappa shape index (κ1) is 43.8. The molecule has 0 spiro atoms. The van der Waals surface area contributed by atoms with Gasteiger partial charge in [-0.15, -0.1) is 0 Å². The number of nitrogen functional groups attached to an aromatic ring is 1. The first-order valence-electron chi connectivity index (χ1n) is 17.0. The fourth-order valence-corrected chi connectivity index (χ4v) is 4.29. The number of nitrogens with two attached hydrogens (primary N) is 1. The normalized spacial score (nSPS) is 12.5. The van der Waals surface area contributed by atoms with Crippen LogP contribution < -0.4 is 22.3 Å². The maximum atomic E-state index is 11.7. The Hall–Kier alpha value is -5.37. The van der Waals surface area contributed by atoms with E-state index in [-0.39, 0.29) is 5.63 Å². The minimum atomic E-state index is -1.06. The molecule has 14 heteroatoms. The third-order valence-corrected chi connectivity index (χ3v) is 6.35. The summed E-state index contributed by atoms with van der Waals surface area (Å²) in [5.74, 6) is 0. The van der Waals surface area contributed by atoms with Crippen LogP contribution in [0.5, 0.6) is 0 Å². The SMILES string of the molecule is C1CCOC1.CC(C)(C)OC(=O)OC(=O)OC(C)(C)C.Cc1cc(=O)oc2cc(N)ccc12.Cc1cc(=O)oc2cc(NC(=O)OC(C)(C)C)ccc12. The van der Waals surface area contributed by atoms with Crippen molar-refractivity contribution in [3.63, 3.8) is 0 Å². The summed E-state index contributed by atoms with van der Waals surface area (Å²) in [6.45, 7) is 21.1. The summed E-state index contributed by atoms with van der Waals surface area (Å²) in [6.07, 6.45) is -0.111. The molecular formula is C39H52N2O12. The second-order valence-electron chi connectivity index (χ2n) is 14.9. The van der Waals surface area contributed by atoms with E-state index in [1.165, 1.54) is 25.0 Å². The summed E-state index contributed by atoms with van der Waals surface area (Å²) in [5, 5.41) is 4.36. The van der Waals surface area contributed by atoms with Crippen molar-refractivity contribution in [1.29, 1.82) is 0 Å². The number of aryl methyl sites for hydroxylation is 2. The Kier molecular flexibility index (Phi) is 15.6. The number of hydrogen-bond acceptors (Lipinski definition) is 13. The lowest BCUT2D eigenvalue weighted by atomic mass is 10.1. The van der Waals surface area contributed by atoms with Gasteiger partial charge in [0.1, 0.15) is 28.0 Å². The number of carbonyl (C=O) groups excluding carboxylic acids is 3. The average molecular weight is 741 g/mol. The van der Waals surface area contributed by atoms with Crippen LogP contribution in [0, 0.1) is 13.8 Å². The van der Waals surface area contributed by atoms with E-state index in [0.29, 0.717) is 22.5 Å². The summed E-state index contributed by atoms with van der Waals surface area (Å²) in [5.41, 5.74) is 6.69. The third-order valence-electron chi connectivity index (χ3n) is 6.35. The van der Waals surface area contributed by atoms with Gasteiger partial charge in [0.2, 0.25) is 0 Å². The minimum Gasteiger partial charge on any atom is -0.444 e. The predicted molar refractivity (Wildman–Crippen MR) is 202 cm³/mol. The Morgan fingerprint density at radius 3 is 1.49 bits per heavy atom. The Morgan fingerprint density at radius 2 is 1.08 bits per heavy atom. The molecule has 1 saturated heterocycles. The van der Waals surface area contributed by atoms with E-state index < -0.39 is 40.8 Å². The summed E-state index contributed by atoms with van der Waals surface area (Å²) < 4.78 is 34.0. The molecule has 0 radical (unpaired) electrons. The number of carbonyl (C=O) groups is 3. The summed E-state index contributed by atoms with van der Waals surface area (Å²) in [6, 6.07) is 13.3. The van der Waals surface area contributed by atoms with Gasteiger partial charge in [-0.05, 0) is 124 Å². The zero-order chi connectivity index (χ0) is 40.1. The molecule has 290 valence electrons. The minimum absolute atomic E-state index is 0.337. The number of rotatable bonds is 1. The van der Waals surface area contributed by atoms with Gasteiger partial charge in [0.25, 0.3) is 0 Å². The zero-order valence-corrected chi connectivity index (χ0v) is 32.4. The topological polar surface area (TPSA) is 196 Å². The highest BCUT2D eigenvalue weighted by molar-refractivity contribution is 5.90. The molecule has 0 unspecified atom stereocenters. The third kappa shape index (κ3) is 17.6. The van der Waals surface area contributed by atoms with Crippen molar-refractivity contribution < 1.29 is 46.9 Å². The van der Waals surface area contributed by atoms with Gasteiger partial charge in [-0.3, -0.25) is 5.32 Å². The van der Waals surface area contributed by atoms with Crippen LogP contribution >= 0.6 is 0 Å². The van der Waals surface area contributed by atoms with Crippen molar-refractivity contribution in [1.82, 2.24) is 0 Å². The zero-order valence-electron chi connectivity index (χ0n) is 32.4. The number of nitrogens with one attached hydrogen (secondary N) is 1. The summed E-state index contributed by atoms with van der Waals surface area (Å²) in [7, 11) is 0. The fraction of sp³-hybridized carbons (Fsp3) is 0.462. The lowest BCUT2D eigenvalue weighted by Crippen LogP contribution is -2.29. The van der Waals surface area contributed by atoms with Crippen LogP contribution in [0.25, 0.3) is 21.9 Å². The van der Waals surface area contributed by atoms with E-state index in [2.05, 4.69) is 10.1 Å². The largest absolute Gasteiger partial charge is 0.519 e. The van der Waals surface area contributed by atoms with E-state index >= 15 is 0 Å². The average Bonchev–Trinajstić information content (AvgIpc) is 3.55. The quantitative estimate of drug-likeness (QED) is 0.0618. The molecule has 2 aromatic heterocycles. The van der Waals surface area contributed by atoms with E-state index in [9.17, 15) is 24.0 Å². The molecule has 4 aromatic rings. The molecule has 1 fully saturated rings. The number of ether oxygens (including phenoxy) is 5. The van der Waals surface area contributed by atoms with E-state index in [1.807, 2.05) is 19.9 Å². The van der Waals surface area contributed by atoms with E-state index in [4.69, 9.17) is 33.5 Å². The second-order valence-corrected chi connectivity index (χ2v) is 14.9. The van der Waals surface area contributed by atoms with E-state index in [0.717, 1.165) is 35.1 Å². The van der Waals surface area contributed by atoms with Crippen molar-refractivity contribution in [2.45, 2.75) is 106 Å². The Morgan fingerprint density at radius 1 is 0.642 bits per heavy atom. The highest BCUT2D eigenvalue weighted by Gasteiger charge is 2.24. The lowest BCUT2D eigenvalue weighted by Gasteiger charge is -2.20. The smallest absolute Gasteiger partial charge is 0.444 e. The molecule has 1 amide bonds. The van der Waals surface area contributed by atoms with Gasteiger partial charge in [0.05, 0.1) is 0 Å². The molecule has 3 heterocycles. The van der Waals surface area contributed by atoms with Crippen molar-refractivity contribution in [2.75, 3.05) is 24.3 Å². The first-order valence-corrected chi connectivity index (χ1v) is 17.0. The molecule has 1 aliphatic rings. The van der Waals surface area contributed by atoms with Gasteiger partial charge < -0.3 is 38.3 Å². The van der Waals surface area contributed by atoms with Crippen molar-refractivity contribution in [3.8, 4) is 0 Å². The molecule has 2 aromatic carbocycles. The van der Waals surface area contributed by atoms with Gasteiger partial charge in [-0.25, -0.2) is 24.0 Å². The predicted octanol–water partition coefficient (Wildman–Crippen LogP) is 8.80. The van der Waals surface area contributed by atoms with Gasteiger partial charge in [0, 0.05) is 59.6 Å². The van der Waals surface area contributed by atoms with Crippen LogP contribution in [0.4, 0.5) is 25.8 Å². The molecule has 3 N–H and O–H groups in total. The molecule has 5 rings (SSSR count). The van der Waals surface area contributed by atoms with Crippen LogP contribution in [-0.4, -0.2) is 48.4 Å². The second kappa shape index (κ2) is 18.9. The Bertz CT molecular complexity index is 1940. The first-order chi connectivity index (χ1) is 24.4. The van der Waals surface area contributed by atoms with Crippen LogP contribution in [-0.2, 0) is 23.7 Å². The number of hydrogen-bond donors (Lipinski definition) is 2. The van der Waals surface area contributed by atoms with Gasteiger partial charge in [-0.2, -0.15) is 0 Å². The fourth-order valence-electron chi connectivity index (χ4n) is 4.29. The summed E-state index contributed by atoms with van der Waals surface area (Å²) >= 11 is 0. The molecule has 0 aliphatic carbocycles. The number of amides is 1. The molecule has 53 heavy (non-hydrogen) atoms. The maximum Gasteiger partial charge on any atom is 0.519 e. The standard InChI is InChI=1S/C15H17NO4.C10H9NO2.C10H18O5.C4H8O/c1-9-7-13(17)19-12-8-10(5-6-11(9)12)16-14(18)20-15(2,3)4;1-6-4-10(12)13-9-5-7(11)2-3-8(6)9;1-9(2,3)14-7(11)13-8(12)15-10(4,5)6;1-2-4-5-3-1/h5-8H,1-4H3,(H,16,18);2-5H,11H2,1H3;1-6H3;1-4H2. The molecule has 0 saturated carbocycles. The molecule has 0 bridgehead atoms. The number of anilines is 2. The molecular weight excluding hydrogens is 688 g/mol. The van der Waals surface area contributed by atoms with Gasteiger partial charge in [-0.1, -0.05) is 0 Å². The lowest BCUT2D eigenvalue weighted by molar-refractivity contribution is -0.0294. The number of fused-ring (bicyclic) bond motifs is 2. The van der Waals surface area contributed by atoms with Crippen molar-refractivity contribution in [2.24, 2.45) is 0 Å². The monoisotopic (exact) mass is 740 g/mol. The van der Waals surface area contributed by atoms with Crippen LogP contribution in [0.2, 0.25) is 0 Å². The van der Waals surface area contributed by atoms with Gasteiger partial charge >= 0.3 is 29.7 Å². The van der Waals surface area contributed by atoms with Gasteiger partial charge in [0.15, 0.2) is 0 Å². The Balaban J connectivity index is 0.000000263. The molecule has 1 aliphatic heterocycles. The highest BCUT2D eigenvalue weighted by Crippen LogP contribution is 2.22. The van der Waals surface area contributed by atoms with Crippen LogP contribution in [0.3, 0.4) is 0 Å². The highest BCUT2D eigenvalue weighted by atomic mass is 16.8. The Labute approximate surface area is 308 Å².